The van der Waals surface area contributed by atoms with E-state index in [1.165, 1.54) is 16.1 Å². The van der Waals surface area contributed by atoms with Gasteiger partial charge >= 0.3 is 0 Å². The second-order valence-corrected chi connectivity index (χ2v) is 6.50. The van der Waals surface area contributed by atoms with Crippen molar-refractivity contribution in [2.24, 2.45) is 4.99 Å². The topological polar surface area (TPSA) is 24.8 Å². The largest absolute Gasteiger partial charge is 0.367 e. The van der Waals surface area contributed by atoms with E-state index in [0.29, 0.717) is 13.2 Å². The second-order valence-electron chi connectivity index (χ2n) is 5.49. The van der Waals surface area contributed by atoms with Crippen LogP contribution in [-0.2, 0) is 4.74 Å². The van der Waals surface area contributed by atoms with Crippen LogP contribution in [0.25, 0.3) is 0 Å². The third kappa shape index (κ3) is 2.52. The highest BCUT2D eigenvalue weighted by molar-refractivity contribution is 8.14. The zero-order chi connectivity index (χ0) is 15.6. The number of benzene rings is 2. The molecule has 0 N–H and O–H groups in total. The second kappa shape index (κ2) is 6.11. The number of hydrogen-bond donors (Lipinski definition) is 0. The number of amidine groups is 1. The lowest BCUT2D eigenvalue weighted by Crippen LogP contribution is -2.38. The lowest BCUT2D eigenvalue weighted by molar-refractivity contribution is 0.147. The number of fused-ring (bicyclic) bond motifs is 3. The van der Waals surface area contributed by atoms with Gasteiger partial charge in [-0.1, -0.05) is 48.4 Å². The monoisotopic (exact) mass is 320 g/mol. The number of hydrogen-bond acceptors (Lipinski definition) is 4. The first-order valence-electron chi connectivity index (χ1n) is 7.58. The van der Waals surface area contributed by atoms with E-state index in [9.17, 15) is 0 Å². The molecule has 4 heteroatoms. The van der Waals surface area contributed by atoms with E-state index < -0.39 is 0 Å². The van der Waals surface area contributed by atoms with Crippen molar-refractivity contribution in [2.45, 2.75) is 17.0 Å². The number of nitrogens with zero attached hydrogens (tertiary/aromatic N) is 2. The molecule has 2 aromatic rings. The molecule has 0 bridgehead atoms. The Kier molecular flexibility index (Phi) is 3.82. The maximum absolute atomic E-state index is 5.68. The van der Waals surface area contributed by atoms with Gasteiger partial charge in [-0.3, -0.25) is 4.99 Å². The third-order valence-electron chi connectivity index (χ3n) is 4.09. The van der Waals surface area contributed by atoms with Gasteiger partial charge in [0.15, 0.2) is 5.17 Å². The molecule has 2 aromatic carbocycles. The number of thioether (sulfide) groups is 1. The van der Waals surface area contributed by atoms with E-state index >= 15 is 0 Å². The predicted molar refractivity (Wildman–Crippen MR) is 94.8 cm³/mol. The van der Waals surface area contributed by atoms with E-state index in [1.54, 1.807) is 11.8 Å². The number of rotatable bonds is 4. The summed E-state index contributed by atoms with van der Waals surface area (Å²) in [5, 5.41) is 1.05. The smallest absolute Gasteiger partial charge is 0.169 e. The molecule has 0 unspecified atom stereocenters. The van der Waals surface area contributed by atoms with Crippen LogP contribution in [0.15, 0.2) is 64.5 Å². The van der Waals surface area contributed by atoms with Crippen molar-refractivity contribution in [2.75, 3.05) is 18.1 Å². The zero-order valence-electron chi connectivity index (χ0n) is 12.6. The van der Waals surface area contributed by atoms with E-state index in [0.717, 1.165) is 5.17 Å². The molecule has 0 saturated heterocycles. The van der Waals surface area contributed by atoms with Crippen molar-refractivity contribution in [3.63, 3.8) is 0 Å². The molecule has 2 heterocycles. The Morgan fingerprint density at radius 2 is 1.91 bits per heavy atom. The van der Waals surface area contributed by atoms with Gasteiger partial charge < -0.3 is 9.64 Å². The molecule has 3 nitrogen and oxygen atoms in total. The van der Waals surface area contributed by atoms with E-state index in [4.69, 9.17) is 16.2 Å². The van der Waals surface area contributed by atoms with Crippen LogP contribution in [0.4, 0.5) is 5.69 Å². The lowest BCUT2D eigenvalue weighted by Gasteiger charge is -2.27. The Morgan fingerprint density at radius 3 is 2.74 bits per heavy atom. The fraction of sp³-hybridized carbons (Fsp3) is 0.211. The van der Waals surface area contributed by atoms with Gasteiger partial charge in [-0.2, -0.15) is 0 Å². The minimum absolute atomic E-state index is 0.0739. The van der Waals surface area contributed by atoms with Crippen molar-refractivity contribution in [3.8, 4) is 12.3 Å². The Balaban J connectivity index is 1.69. The molecule has 0 aliphatic carbocycles. The maximum Gasteiger partial charge on any atom is 0.169 e. The molecule has 0 spiro atoms. The average Bonchev–Trinajstić information content (AvgIpc) is 3.12. The van der Waals surface area contributed by atoms with Gasteiger partial charge in [-0.25, -0.2) is 0 Å². The average molecular weight is 320 g/mol. The highest BCUT2D eigenvalue weighted by Crippen LogP contribution is 2.48. The summed E-state index contributed by atoms with van der Waals surface area (Å²) in [4.78, 5) is 8.52. The molecule has 0 saturated carbocycles. The molecule has 2 atom stereocenters. The van der Waals surface area contributed by atoms with Crippen molar-refractivity contribution < 1.29 is 4.74 Å². The lowest BCUT2D eigenvalue weighted by atomic mass is 10.00. The Bertz CT molecular complexity index is 781. The van der Waals surface area contributed by atoms with E-state index in [2.05, 4.69) is 59.4 Å². The number of anilines is 1. The minimum atomic E-state index is 0.0739. The normalized spacial score (nSPS) is 21.5. The van der Waals surface area contributed by atoms with Crippen LogP contribution < -0.4 is 4.90 Å². The SMILES string of the molecule is C#CCOC[C@@H]1[C@@H](c2ccccc2)N=C2Sc3ccccc3N21. The molecule has 2 aliphatic heterocycles. The summed E-state index contributed by atoms with van der Waals surface area (Å²) in [6.07, 6.45) is 5.32. The predicted octanol–water partition coefficient (Wildman–Crippen LogP) is 3.73. The van der Waals surface area contributed by atoms with Gasteiger partial charge in [-0.15, -0.1) is 6.42 Å². The molecular weight excluding hydrogens is 304 g/mol. The van der Waals surface area contributed by atoms with E-state index in [-0.39, 0.29) is 12.1 Å². The van der Waals surface area contributed by atoms with Crippen molar-refractivity contribution in [3.05, 3.63) is 60.2 Å². The third-order valence-corrected chi connectivity index (χ3v) is 5.14. The van der Waals surface area contributed by atoms with Gasteiger partial charge in [-0.05, 0) is 29.5 Å². The van der Waals surface area contributed by atoms with Crippen molar-refractivity contribution >= 4 is 22.6 Å². The zero-order valence-corrected chi connectivity index (χ0v) is 13.4. The highest BCUT2D eigenvalue weighted by atomic mass is 32.2. The maximum atomic E-state index is 5.68. The molecule has 4 rings (SSSR count). The molecule has 0 amide bonds. The summed E-state index contributed by atoms with van der Waals surface area (Å²) in [6, 6.07) is 19.0. The Morgan fingerprint density at radius 1 is 1.13 bits per heavy atom. The summed E-state index contributed by atoms with van der Waals surface area (Å²) in [5.41, 5.74) is 2.42. The van der Waals surface area contributed by atoms with Crippen molar-refractivity contribution in [1.82, 2.24) is 0 Å². The van der Waals surface area contributed by atoms with Crippen molar-refractivity contribution in [1.29, 1.82) is 0 Å². The summed E-state index contributed by atoms with van der Waals surface area (Å²) < 4.78 is 5.68. The summed E-state index contributed by atoms with van der Waals surface area (Å²) >= 11 is 1.73. The fourth-order valence-corrected chi connectivity index (χ4v) is 4.21. The first kappa shape index (κ1) is 14.4. The number of ether oxygens (including phenoxy) is 1. The Hall–Kier alpha value is -2.22. The molecule has 114 valence electrons. The van der Waals surface area contributed by atoms with Crippen LogP contribution >= 0.6 is 11.8 Å². The summed E-state index contributed by atoms with van der Waals surface area (Å²) in [6.45, 7) is 0.891. The van der Waals surface area contributed by atoms with Gasteiger partial charge in [0, 0.05) is 4.90 Å². The van der Waals surface area contributed by atoms with Crippen LogP contribution in [0.5, 0.6) is 0 Å². The summed E-state index contributed by atoms with van der Waals surface area (Å²) in [5.74, 6) is 2.54. The molecule has 0 fully saturated rings. The number of terminal acetylenes is 1. The minimum Gasteiger partial charge on any atom is -0.367 e. The first-order chi connectivity index (χ1) is 11.4. The molecule has 2 aliphatic rings. The standard InChI is InChI=1S/C19H16N2OS/c1-2-12-22-13-16-18(14-8-4-3-5-9-14)20-19-21(16)15-10-6-7-11-17(15)23-19/h1,3-11,16,18H,12-13H2/t16-,18-/m1/s1. The van der Waals surface area contributed by atoms with E-state index in [1.807, 2.05) is 6.07 Å². The van der Waals surface area contributed by atoms with Gasteiger partial charge in [0.1, 0.15) is 12.6 Å². The number of aliphatic imine (C=N–C) groups is 1. The van der Waals surface area contributed by atoms with Crippen LogP contribution in [0.3, 0.4) is 0 Å². The van der Waals surface area contributed by atoms with Crippen LogP contribution in [0.1, 0.15) is 11.6 Å². The van der Waals surface area contributed by atoms with Crippen LogP contribution in [0, 0.1) is 12.3 Å². The first-order valence-corrected chi connectivity index (χ1v) is 8.40. The van der Waals surface area contributed by atoms with Gasteiger partial charge in [0.2, 0.25) is 0 Å². The number of para-hydroxylation sites is 1. The van der Waals surface area contributed by atoms with Crippen LogP contribution in [-0.4, -0.2) is 24.4 Å². The quantitative estimate of drug-likeness (QED) is 0.634. The highest BCUT2D eigenvalue weighted by Gasteiger charge is 2.42. The van der Waals surface area contributed by atoms with Gasteiger partial charge in [0.05, 0.1) is 18.3 Å². The molecular formula is C19H16N2OS. The van der Waals surface area contributed by atoms with Crippen LogP contribution in [0.2, 0.25) is 0 Å². The molecule has 0 radical (unpaired) electrons. The summed E-state index contributed by atoms with van der Waals surface area (Å²) in [7, 11) is 0. The van der Waals surface area contributed by atoms with Gasteiger partial charge in [0.25, 0.3) is 0 Å². The Labute approximate surface area is 140 Å². The molecule has 23 heavy (non-hydrogen) atoms. The fourth-order valence-electron chi connectivity index (χ4n) is 3.10. The molecule has 0 aromatic heterocycles.